The van der Waals surface area contributed by atoms with Gasteiger partial charge >= 0.3 is 0 Å². The van der Waals surface area contributed by atoms with Crippen LogP contribution in [-0.4, -0.2) is 230 Å². The Morgan fingerprint density at radius 2 is 0.772 bits per heavy atom. The van der Waals surface area contributed by atoms with Gasteiger partial charge in [0, 0.05) is 160 Å². The number of ether oxygens (including phenoxy) is 3. The summed E-state index contributed by atoms with van der Waals surface area (Å²) in [5, 5.41) is 33.0. The zero-order valence-electron chi connectivity index (χ0n) is 74.2. The highest BCUT2D eigenvalue weighted by molar-refractivity contribution is 7.71. The van der Waals surface area contributed by atoms with Crippen LogP contribution in [-0.2, 0) is 13.7 Å². The maximum Gasteiger partial charge on any atom is 0.229 e. The summed E-state index contributed by atoms with van der Waals surface area (Å²) in [4.78, 5) is 44.5. The lowest BCUT2D eigenvalue weighted by atomic mass is 9.71. The lowest BCUT2D eigenvalue weighted by molar-refractivity contribution is 0.00130. The fraction of sp³-hybridized carbons (Fsp3) is 0.413. The zero-order chi connectivity index (χ0) is 89.4. The van der Waals surface area contributed by atoms with E-state index >= 15 is 0 Å². The molecule has 127 heavy (non-hydrogen) atoms. The van der Waals surface area contributed by atoms with Crippen LogP contribution in [0.2, 0.25) is 20.1 Å². The van der Waals surface area contributed by atoms with Crippen LogP contribution in [0, 0.1) is 17.8 Å². The van der Waals surface area contributed by atoms with E-state index in [1.165, 1.54) is 103 Å². The van der Waals surface area contributed by atoms with Gasteiger partial charge in [-0.15, -0.1) is 34.0 Å². The number of hydrogen-bond acceptors (Lipinski definition) is 28. The third-order valence-corrected chi connectivity index (χ3v) is 34.1. The molecule has 6 fully saturated rings. The topological polar surface area (TPSA) is 251 Å². The number of nitrogens with one attached hydrogen (secondary N) is 6. The number of methoxy groups -OCH3 is 3. The summed E-state index contributed by atoms with van der Waals surface area (Å²) in [5.41, 5.74) is 9.82. The molecule has 672 valence electrons. The fourth-order valence-electron chi connectivity index (χ4n) is 18.9. The summed E-state index contributed by atoms with van der Waals surface area (Å²) in [6.45, 7) is 28.4. The Kier molecular flexibility index (Phi) is 28.0. The molecule has 25 nitrogen and oxygen atoms in total. The maximum atomic E-state index is 13.3. The van der Waals surface area contributed by atoms with Crippen LogP contribution in [0.3, 0.4) is 0 Å². The molecular formula is C92H112Cl4N19O6P3S3. The minimum absolute atomic E-state index is 0.325. The number of aromatic nitrogens is 6. The number of rotatable bonds is 22. The minimum atomic E-state index is -2.63. The van der Waals surface area contributed by atoms with Gasteiger partial charge in [0.2, 0.25) is 17.8 Å². The molecule has 18 rings (SSSR count). The number of likely N-dealkylation sites (N-methyl/N-ethyl adjacent to an activating group) is 1. The van der Waals surface area contributed by atoms with Gasteiger partial charge in [0.05, 0.1) is 84.8 Å². The maximum absolute atomic E-state index is 13.3. The molecule has 0 saturated carbocycles. The second-order valence-corrected chi connectivity index (χ2v) is 49.5. The van der Waals surface area contributed by atoms with Crippen molar-refractivity contribution >= 4 is 234 Å². The van der Waals surface area contributed by atoms with Crippen LogP contribution in [0.4, 0.5) is 86.5 Å². The Labute approximate surface area is 776 Å². The first-order chi connectivity index (χ1) is 60.8. The Morgan fingerprint density at radius 3 is 1.20 bits per heavy atom. The van der Waals surface area contributed by atoms with Gasteiger partial charge in [-0.1, -0.05) is 46.4 Å². The number of thiophene rings is 3. The standard InChI is InChI=1S/C31H37Cl2N6O2PS.C31H39ClN7O2PS.C30H36ClN6O2PS/c1-38-12-8-31(9-13-38)10-14-39(15-11-31)25-18-26(41-2)24(17-21(25)32)36-30-34-19-22(33)29(37-30)35-23-5-6-27-20(7-16-43-27)28(23)42(3,4)40;1-37-14-16-39(17-15-37)21-9-12-38(13-10-21)22-5-6-25(27(19-22)41-2)35-31-33-20-24(32)30(36-31)34-26-7-8-28-23(11-18-43-28)29(26)42(3,4)40;1-19-14-23(25(39-3)15-24(19)37-11-9-30(10-12-37)17-36(2)18-30)34-29-32-16-21(31)28(35-29)33-22-6-7-26-20(8-13-41-26)27(22)40(4,5)38/h5-7,16-19H,8-15H2,1-4H3,(H2,34,35,36,37);5-8,11,18-21H,9-10,12-17H2,1-4H3,(H2,33,34,35,36);6-8,13-16H,9-12,17-18H2,1-5H3,(H2,32,33,34,35). The number of aryl methyl sites for hydroxylation is 1. The van der Waals surface area contributed by atoms with Crippen LogP contribution >= 0.6 is 102 Å². The van der Waals surface area contributed by atoms with Gasteiger partial charge in [0.15, 0.2) is 17.5 Å². The molecule has 6 aromatic carbocycles. The van der Waals surface area contributed by atoms with E-state index in [0.717, 1.165) is 150 Å². The van der Waals surface area contributed by atoms with Crippen molar-refractivity contribution in [3.63, 3.8) is 0 Å². The lowest BCUT2D eigenvalue weighted by Crippen LogP contribution is -2.58. The van der Waals surface area contributed by atoms with E-state index in [0.29, 0.717) is 89.4 Å². The van der Waals surface area contributed by atoms with Crippen molar-refractivity contribution in [1.29, 1.82) is 0 Å². The third kappa shape index (κ3) is 20.9. The number of hydrogen-bond donors (Lipinski definition) is 6. The average molecular weight is 1910 g/mol. The van der Waals surface area contributed by atoms with Crippen LogP contribution in [0.25, 0.3) is 30.3 Å². The summed E-state index contributed by atoms with van der Waals surface area (Å²) in [7, 11) is 3.79. The van der Waals surface area contributed by atoms with E-state index in [1.54, 1.807) is 108 Å². The third-order valence-electron chi connectivity index (χ3n) is 25.6. The Bertz CT molecular complexity index is 6160. The minimum Gasteiger partial charge on any atom is -0.494 e. The van der Waals surface area contributed by atoms with Gasteiger partial charge in [-0.2, -0.15) is 15.0 Å². The van der Waals surface area contributed by atoms with Crippen molar-refractivity contribution in [3.05, 3.63) is 157 Å². The fourth-order valence-corrected chi connectivity index (χ4v) is 26.6. The SMILES string of the molecule is COc1cc(N2CCC(N3CCN(C)CC3)CC2)ccc1Nc1ncc(Cl)c(Nc2ccc3sccc3c2P(C)(C)=O)n1.COc1cc(N2CCC3(CC2)CN(C)C3)c(C)cc1Nc1ncc(Cl)c(Nc2ccc3sccc3c2P(C)(C)=O)n1.COc1cc(N2CCC3(CCN(C)CC3)CC2)c(Cl)cc1Nc1ncc(Cl)c(Nc2ccc3sccc3c2P(C)(C)=O)n1. The van der Waals surface area contributed by atoms with E-state index in [1.807, 2.05) is 88.9 Å². The monoisotopic (exact) mass is 1910 g/mol. The number of likely N-dealkylation sites (tertiary alicyclic amines) is 2. The molecule has 6 aliphatic heterocycles. The highest BCUT2D eigenvalue weighted by atomic mass is 35.5. The normalized spacial score (nSPS) is 17.3. The van der Waals surface area contributed by atoms with Crippen molar-refractivity contribution in [2.45, 2.75) is 64.3 Å². The number of piperidine rings is 4. The molecule has 0 atom stereocenters. The van der Waals surface area contributed by atoms with Crippen LogP contribution in [0.5, 0.6) is 17.2 Å². The number of piperazine rings is 1. The first-order valence-electron chi connectivity index (χ1n) is 43.0. The van der Waals surface area contributed by atoms with E-state index in [2.05, 4.69) is 148 Å². The molecule has 2 spiro atoms. The average Bonchev–Trinajstić information content (AvgIpc) is 1.56. The zero-order valence-corrected chi connectivity index (χ0v) is 82.3. The summed E-state index contributed by atoms with van der Waals surface area (Å²) in [6.07, 6.45) is 14.4. The van der Waals surface area contributed by atoms with Crippen LogP contribution in [0.15, 0.2) is 132 Å². The van der Waals surface area contributed by atoms with E-state index in [-0.39, 0.29) is 0 Å². The summed E-state index contributed by atoms with van der Waals surface area (Å²) in [6, 6.07) is 32.9. The molecule has 12 heterocycles. The summed E-state index contributed by atoms with van der Waals surface area (Å²) in [5.74, 6) is 4.44. The molecule has 0 aliphatic carbocycles. The predicted molar refractivity (Wildman–Crippen MR) is 539 cm³/mol. The summed E-state index contributed by atoms with van der Waals surface area (Å²) >= 11 is 31.3. The molecule has 0 unspecified atom stereocenters. The Morgan fingerprint density at radius 1 is 0.394 bits per heavy atom. The van der Waals surface area contributed by atoms with Gasteiger partial charge in [0.25, 0.3) is 0 Å². The number of nitrogens with zero attached hydrogens (tertiary/aromatic N) is 13. The molecule has 0 radical (unpaired) electrons. The van der Waals surface area contributed by atoms with Crippen molar-refractivity contribution in [1.82, 2.24) is 49.5 Å². The van der Waals surface area contributed by atoms with Crippen molar-refractivity contribution in [2.24, 2.45) is 10.8 Å². The molecule has 0 bridgehead atoms. The molecule has 12 aromatic rings. The molecule has 35 heteroatoms. The predicted octanol–water partition coefficient (Wildman–Crippen LogP) is 21.3. The van der Waals surface area contributed by atoms with Gasteiger partial charge in [-0.3, -0.25) is 4.90 Å². The highest BCUT2D eigenvalue weighted by Gasteiger charge is 2.44. The van der Waals surface area contributed by atoms with Gasteiger partial charge < -0.3 is 89.2 Å². The molecule has 6 N–H and O–H groups in total. The Hall–Kier alpha value is -8.27. The van der Waals surface area contributed by atoms with Gasteiger partial charge in [-0.25, -0.2) is 15.0 Å². The van der Waals surface area contributed by atoms with E-state index in [4.69, 9.17) is 60.6 Å². The molecular weight excluding hydrogens is 1800 g/mol. The lowest BCUT2D eigenvalue weighted by Gasteiger charge is -2.53. The van der Waals surface area contributed by atoms with Crippen molar-refractivity contribution < 1.29 is 27.9 Å². The van der Waals surface area contributed by atoms with Crippen molar-refractivity contribution in [3.8, 4) is 17.2 Å². The quantitative estimate of drug-likeness (QED) is 0.0345. The first kappa shape index (κ1) is 92.0. The van der Waals surface area contributed by atoms with Gasteiger partial charge in [0.1, 0.15) is 53.7 Å². The first-order valence-corrected chi connectivity index (χ1v) is 54.9. The van der Waals surface area contributed by atoms with Crippen LogP contribution in [0.1, 0.15) is 56.9 Å². The highest BCUT2D eigenvalue weighted by Crippen LogP contribution is 2.51. The number of benzene rings is 6. The largest absolute Gasteiger partial charge is 0.494 e. The smallest absolute Gasteiger partial charge is 0.229 e. The number of halogens is 4. The van der Waals surface area contributed by atoms with Crippen LogP contribution < -0.4 is 76.7 Å². The van der Waals surface area contributed by atoms with E-state index in [9.17, 15) is 13.7 Å². The molecule has 6 saturated heterocycles. The Balaban J connectivity index is 0.000000140. The number of anilines is 15. The molecule has 6 aromatic heterocycles. The second-order valence-electron chi connectivity index (χ2n) is 35.6. The summed E-state index contributed by atoms with van der Waals surface area (Å²) < 4.78 is 60.6. The second kappa shape index (κ2) is 38.6. The van der Waals surface area contributed by atoms with E-state index < -0.39 is 21.4 Å². The molecule has 6 aliphatic rings. The number of fused-ring (bicyclic) bond motifs is 3. The van der Waals surface area contributed by atoms with Gasteiger partial charge in [-0.05, 0) is 244 Å². The van der Waals surface area contributed by atoms with Crippen molar-refractivity contribution in [2.75, 3.05) is 221 Å². The molecule has 0 amide bonds.